The van der Waals surface area contributed by atoms with Gasteiger partial charge in [0.05, 0.1) is 6.07 Å². The Hall–Kier alpha value is -1.04. The van der Waals surface area contributed by atoms with Crippen LogP contribution in [0.3, 0.4) is 0 Å². The van der Waals surface area contributed by atoms with Crippen molar-refractivity contribution in [3.05, 3.63) is 0 Å². The molecule has 0 aromatic rings. The van der Waals surface area contributed by atoms with Gasteiger partial charge in [0.15, 0.2) is 0 Å². The molecule has 15 heavy (non-hydrogen) atoms. The summed E-state index contributed by atoms with van der Waals surface area (Å²) in [4.78, 5) is 13.4. The van der Waals surface area contributed by atoms with Crippen molar-refractivity contribution in [3.63, 3.8) is 0 Å². The molecular weight excluding hydrogens is 188 g/mol. The zero-order valence-corrected chi connectivity index (χ0v) is 10.3. The maximum atomic E-state index is 11.7. The van der Waals surface area contributed by atoms with Gasteiger partial charge in [-0.1, -0.05) is 20.8 Å². The van der Waals surface area contributed by atoms with E-state index in [1.165, 1.54) is 0 Å². The fourth-order valence-electron chi connectivity index (χ4n) is 1.43. The van der Waals surface area contributed by atoms with Crippen LogP contribution in [0.2, 0.25) is 0 Å². The molecule has 3 nitrogen and oxygen atoms in total. The van der Waals surface area contributed by atoms with Gasteiger partial charge in [0.25, 0.3) is 0 Å². The van der Waals surface area contributed by atoms with Crippen molar-refractivity contribution >= 4 is 5.91 Å². The van der Waals surface area contributed by atoms with Crippen LogP contribution in [0.1, 0.15) is 40.0 Å². The number of amides is 1. The smallest absolute Gasteiger partial charge is 0.239 e. The summed E-state index contributed by atoms with van der Waals surface area (Å²) >= 11 is 0. The van der Waals surface area contributed by atoms with Crippen LogP contribution in [-0.4, -0.2) is 24.4 Å². The first kappa shape index (κ1) is 14.0. The number of nitrogens with zero attached hydrogens (tertiary/aromatic N) is 2. The van der Waals surface area contributed by atoms with Crippen molar-refractivity contribution in [1.29, 1.82) is 5.26 Å². The Bertz CT molecular complexity index is 230. The molecule has 0 bridgehead atoms. The normalized spacial score (nSPS) is 12.3. The van der Waals surface area contributed by atoms with Gasteiger partial charge in [-0.25, -0.2) is 0 Å². The molecule has 0 fully saturated rings. The summed E-state index contributed by atoms with van der Waals surface area (Å²) in [6.45, 7) is 6.97. The second-order valence-corrected chi connectivity index (χ2v) is 4.39. The van der Waals surface area contributed by atoms with Crippen LogP contribution in [0.25, 0.3) is 0 Å². The van der Waals surface area contributed by atoms with E-state index in [1.54, 1.807) is 11.9 Å². The van der Waals surface area contributed by atoms with Gasteiger partial charge < -0.3 is 4.90 Å². The average molecular weight is 210 g/mol. The van der Waals surface area contributed by atoms with E-state index in [4.69, 9.17) is 5.26 Å². The minimum absolute atomic E-state index is 0.0382. The Balaban J connectivity index is 3.94. The highest BCUT2D eigenvalue weighted by molar-refractivity contribution is 5.80. The van der Waals surface area contributed by atoms with Crippen molar-refractivity contribution in [2.24, 2.45) is 11.8 Å². The molecule has 0 radical (unpaired) electrons. The number of carbonyl (C=O) groups is 1. The van der Waals surface area contributed by atoms with Crippen LogP contribution in [0, 0.1) is 23.2 Å². The lowest BCUT2D eigenvalue weighted by Gasteiger charge is -2.19. The monoisotopic (exact) mass is 210 g/mol. The Morgan fingerprint density at radius 3 is 2.47 bits per heavy atom. The summed E-state index contributed by atoms with van der Waals surface area (Å²) in [6.07, 6.45) is 2.74. The molecule has 0 spiro atoms. The zero-order valence-electron chi connectivity index (χ0n) is 10.3. The third kappa shape index (κ3) is 5.41. The molecule has 0 N–H and O–H groups in total. The van der Waals surface area contributed by atoms with Gasteiger partial charge in [0.2, 0.25) is 5.91 Å². The number of nitriles is 1. The van der Waals surface area contributed by atoms with Gasteiger partial charge in [-0.2, -0.15) is 5.26 Å². The van der Waals surface area contributed by atoms with Crippen LogP contribution in [0.5, 0.6) is 0 Å². The molecule has 0 saturated carbocycles. The van der Waals surface area contributed by atoms with E-state index in [0.717, 1.165) is 19.4 Å². The Labute approximate surface area is 93.1 Å². The van der Waals surface area contributed by atoms with E-state index in [2.05, 4.69) is 13.8 Å². The maximum absolute atomic E-state index is 11.7. The molecule has 0 aliphatic carbocycles. The van der Waals surface area contributed by atoms with Crippen LogP contribution in [0.4, 0.5) is 0 Å². The standard InChI is InChI=1S/C12H22N2O/c1-5-11(9-13)12(15)14(4)8-6-7-10(2)3/h10-11H,5-8H2,1-4H3. The molecule has 0 aliphatic heterocycles. The van der Waals surface area contributed by atoms with E-state index < -0.39 is 5.92 Å². The summed E-state index contributed by atoms with van der Waals surface area (Å²) in [5.74, 6) is 0.171. The second kappa shape index (κ2) is 7.28. The molecule has 3 heteroatoms. The topological polar surface area (TPSA) is 44.1 Å². The Morgan fingerprint density at radius 2 is 2.07 bits per heavy atom. The maximum Gasteiger partial charge on any atom is 0.239 e. The fourth-order valence-corrected chi connectivity index (χ4v) is 1.43. The highest BCUT2D eigenvalue weighted by Gasteiger charge is 2.19. The minimum atomic E-state index is -0.464. The third-order valence-electron chi connectivity index (χ3n) is 2.51. The van der Waals surface area contributed by atoms with Gasteiger partial charge >= 0.3 is 0 Å². The van der Waals surface area contributed by atoms with Crippen LogP contribution in [-0.2, 0) is 4.79 Å². The number of rotatable bonds is 6. The van der Waals surface area contributed by atoms with E-state index in [0.29, 0.717) is 12.3 Å². The largest absolute Gasteiger partial charge is 0.345 e. The lowest BCUT2D eigenvalue weighted by atomic mass is 10.1. The molecule has 0 aromatic carbocycles. The highest BCUT2D eigenvalue weighted by Crippen LogP contribution is 2.08. The van der Waals surface area contributed by atoms with Gasteiger partial charge in [-0.05, 0) is 25.2 Å². The lowest BCUT2D eigenvalue weighted by Crippen LogP contribution is -2.33. The molecule has 0 aliphatic rings. The lowest BCUT2D eigenvalue weighted by molar-refractivity contribution is -0.132. The van der Waals surface area contributed by atoms with Crippen LogP contribution in [0.15, 0.2) is 0 Å². The fraction of sp³-hybridized carbons (Fsp3) is 0.833. The summed E-state index contributed by atoms with van der Waals surface area (Å²) in [5, 5.41) is 8.76. The quantitative estimate of drug-likeness (QED) is 0.676. The van der Waals surface area contributed by atoms with Gasteiger partial charge in [-0.3, -0.25) is 4.79 Å². The van der Waals surface area contributed by atoms with E-state index in [1.807, 2.05) is 13.0 Å². The van der Waals surface area contributed by atoms with E-state index in [-0.39, 0.29) is 5.91 Å². The van der Waals surface area contributed by atoms with Gasteiger partial charge in [0.1, 0.15) is 5.92 Å². The van der Waals surface area contributed by atoms with Crippen LogP contribution < -0.4 is 0 Å². The highest BCUT2D eigenvalue weighted by atomic mass is 16.2. The average Bonchev–Trinajstić information content (AvgIpc) is 2.18. The Kier molecular flexibility index (Phi) is 6.77. The summed E-state index contributed by atoms with van der Waals surface area (Å²) in [5.41, 5.74) is 0. The van der Waals surface area contributed by atoms with E-state index in [9.17, 15) is 4.79 Å². The first-order valence-corrected chi connectivity index (χ1v) is 5.67. The molecule has 1 atom stereocenters. The molecule has 0 aromatic heterocycles. The first-order valence-electron chi connectivity index (χ1n) is 5.67. The van der Waals surface area contributed by atoms with Crippen molar-refractivity contribution in [2.75, 3.05) is 13.6 Å². The number of hydrogen-bond donors (Lipinski definition) is 0. The predicted molar refractivity (Wildman–Crippen MR) is 61.1 cm³/mol. The van der Waals surface area contributed by atoms with Crippen molar-refractivity contribution in [2.45, 2.75) is 40.0 Å². The molecular formula is C12H22N2O. The van der Waals surface area contributed by atoms with Gasteiger partial charge in [0, 0.05) is 13.6 Å². The molecule has 0 saturated heterocycles. The summed E-state index contributed by atoms with van der Waals surface area (Å²) in [6, 6.07) is 2.04. The summed E-state index contributed by atoms with van der Waals surface area (Å²) in [7, 11) is 1.78. The van der Waals surface area contributed by atoms with Crippen molar-refractivity contribution in [1.82, 2.24) is 4.90 Å². The number of hydrogen-bond acceptors (Lipinski definition) is 2. The zero-order chi connectivity index (χ0) is 11.8. The summed E-state index contributed by atoms with van der Waals surface area (Å²) < 4.78 is 0. The van der Waals surface area contributed by atoms with Crippen molar-refractivity contribution < 1.29 is 4.79 Å². The molecule has 86 valence electrons. The minimum Gasteiger partial charge on any atom is -0.345 e. The predicted octanol–water partition coefficient (Wildman–Crippen LogP) is 2.43. The van der Waals surface area contributed by atoms with Gasteiger partial charge in [-0.15, -0.1) is 0 Å². The third-order valence-corrected chi connectivity index (χ3v) is 2.51. The molecule has 1 amide bonds. The van der Waals surface area contributed by atoms with E-state index >= 15 is 0 Å². The molecule has 0 heterocycles. The SMILES string of the molecule is CCC(C#N)C(=O)N(C)CCCC(C)C. The molecule has 0 rings (SSSR count). The molecule has 1 unspecified atom stereocenters. The number of carbonyl (C=O) groups excluding carboxylic acids is 1. The van der Waals surface area contributed by atoms with Crippen molar-refractivity contribution in [3.8, 4) is 6.07 Å². The second-order valence-electron chi connectivity index (χ2n) is 4.39. The Morgan fingerprint density at radius 1 is 1.47 bits per heavy atom. The first-order chi connectivity index (χ1) is 7.02. The van der Waals surface area contributed by atoms with Crippen LogP contribution >= 0.6 is 0 Å².